The fraction of sp³-hybridized carbons (Fsp3) is 0.878. The smallest absolute Gasteiger partial charge is 0.306 e. The van der Waals surface area contributed by atoms with Crippen molar-refractivity contribution >= 4 is 23.3 Å². The van der Waals surface area contributed by atoms with Crippen LogP contribution in [0.5, 0.6) is 0 Å². The van der Waals surface area contributed by atoms with E-state index in [4.69, 9.17) is 9.47 Å². The molecule has 2 N–H and O–H groups in total. The summed E-state index contributed by atoms with van der Waals surface area (Å²) < 4.78 is 11.5. The molecule has 0 saturated carbocycles. The number of esters is 2. The molecule has 0 aliphatic heterocycles. The summed E-state index contributed by atoms with van der Waals surface area (Å²) in [4.78, 5) is 51.2. The minimum atomic E-state index is -0.440. The summed E-state index contributed by atoms with van der Waals surface area (Å²) in [5.74, 6) is -0.0548. The zero-order valence-corrected chi connectivity index (χ0v) is 38.3. The summed E-state index contributed by atoms with van der Waals surface area (Å²) in [6, 6.07) is 0. The van der Waals surface area contributed by atoms with E-state index in [9.17, 15) is 19.2 Å². The van der Waals surface area contributed by atoms with Crippen molar-refractivity contribution < 1.29 is 19.1 Å². The lowest BCUT2D eigenvalue weighted by Crippen LogP contribution is -2.37. The lowest BCUT2D eigenvalue weighted by Gasteiger charge is -2.23. The van der Waals surface area contributed by atoms with E-state index in [-0.39, 0.29) is 18.0 Å². The SMILES string of the molecule is CCCCCCCCCOC(=O)CCCCCCCN(CCCCCCCC(=O)OC(CCCCCCC)CCCCCCCC)CCCNc1c(NC)c(=O)c1=O. The number of nitrogens with zero attached hydrogens (tertiary/aromatic N) is 1. The first kappa shape index (κ1) is 53.6. The van der Waals surface area contributed by atoms with Crippen LogP contribution in [0.4, 0.5) is 11.4 Å². The van der Waals surface area contributed by atoms with E-state index in [1.54, 1.807) is 7.05 Å². The molecule has 58 heavy (non-hydrogen) atoms. The topological polar surface area (TPSA) is 114 Å². The van der Waals surface area contributed by atoms with Gasteiger partial charge in [-0.2, -0.15) is 0 Å². The van der Waals surface area contributed by atoms with E-state index < -0.39 is 10.9 Å². The Morgan fingerprint density at radius 2 is 0.914 bits per heavy atom. The predicted molar refractivity (Wildman–Crippen MR) is 246 cm³/mol. The fourth-order valence-corrected chi connectivity index (χ4v) is 7.87. The molecule has 0 aromatic heterocycles. The summed E-state index contributed by atoms with van der Waals surface area (Å²) in [7, 11) is 1.67. The normalized spacial score (nSPS) is 12.0. The molecule has 0 heterocycles. The molecule has 0 fully saturated rings. The highest BCUT2D eigenvalue weighted by Gasteiger charge is 2.19. The maximum Gasteiger partial charge on any atom is 0.306 e. The third-order valence-electron chi connectivity index (χ3n) is 11.6. The fourth-order valence-electron chi connectivity index (χ4n) is 7.87. The molecule has 338 valence electrons. The molecule has 9 nitrogen and oxygen atoms in total. The number of unbranched alkanes of at least 4 members (excludes halogenated alkanes) is 23. The largest absolute Gasteiger partial charge is 0.466 e. The second-order valence-electron chi connectivity index (χ2n) is 17.0. The van der Waals surface area contributed by atoms with Crippen molar-refractivity contribution in [3.05, 3.63) is 20.4 Å². The van der Waals surface area contributed by atoms with Gasteiger partial charge in [0.2, 0.25) is 0 Å². The molecule has 1 atom stereocenters. The summed E-state index contributed by atoms with van der Waals surface area (Å²) in [6.45, 7) is 11.0. The summed E-state index contributed by atoms with van der Waals surface area (Å²) in [6.07, 6.45) is 37.2. The Hall–Kier alpha value is -2.42. The standard InChI is InChI=1S/C49H91N3O6/c1-5-8-11-14-16-25-32-42-57-44(53)36-28-21-17-23-30-39-52(41-33-38-51-47-46(50-4)48(55)49(47)56)40-31-24-18-22-29-37-45(54)58-43(34-26-19-13-10-7-3)35-27-20-15-12-9-6-2/h43,50-51H,5-42H2,1-4H3. The number of carbonyl (C=O) groups excluding carboxylic acids is 2. The van der Waals surface area contributed by atoms with Gasteiger partial charge in [-0.1, -0.05) is 156 Å². The van der Waals surface area contributed by atoms with E-state index in [0.29, 0.717) is 37.4 Å². The number of hydrogen-bond donors (Lipinski definition) is 2. The van der Waals surface area contributed by atoms with E-state index >= 15 is 0 Å². The monoisotopic (exact) mass is 818 g/mol. The van der Waals surface area contributed by atoms with Crippen LogP contribution in [0.2, 0.25) is 0 Å². The van der Waals surface area contributed by atoms with E-state index in [1.807, 2.05) is 0 Å². The predicted octanol–water partition coefficient (Wildman–Crippen LogP) is 12.4. The minimum Gasteiger partial charge on any atom is -0.466 e. The van der Waals surface area contributed by atoms with Crippen LogP contribution in [0.15, 0.2) is 9.59 Å². The van der Waals surface area contributed by atoms with Crippen LogP contribution in [0, 0.1) is 0 Å². The summed E-state index contributed by atoms with van der Waals surface area (Å²) in [5.41, 5.74) is -0.0610. The van der Waals surface area contributed by atoms with Crippen molar-refractivity contribution in [2.75, 3.05) is 50.5 Å². The second-order valence-corrected chi connectivity index (χ2v) is 17.0. The van der Waals surface area contributed by atoms with Gasteiger partial charge in [0, 0.05) is 26.4 Å². The molecule has 0 saturated heterocycles. The van der Waals surface area contributed by atoms with Crippen molar-refractivity contribution in [3.8, 4) is 0 Å². The van der Waals surface area contributed by atoms with E-state index in [0.717, 1.165) is 129 Å². The molecule has 0 aliphatic rings. The van der Waals surface area contributed by atoms with Gasteiger partial charge in [-0.25, -0.2) is 0 Å². The molecular weight excluding hydrogens is 727 g/mol. The lowest BCUT2D eigenvalue weighted by atomic mass is 10.0. The highest BCUT2D eigenvalue weighted by Crippen LogP contribution is 2.19. The summed E-state index contributed by atoms with van der Waals surface area (Å²) in [5, 5.41) is 6.01. The molecule has 9 heteroatoms. The van der Waals surface area contributed by atoms with Crippen LogP contribution in [0.1, 0.15) is 233 Å². The first-order chi connectivity index (χ1) is 28.4. The quantitative estimate of drug-likeness (QED) is 0.0377. The molecular formula is C49H91N3O6. The third kappa shape index (κ3) is 28.9. The van der Waals surface area contributed by atoms with Crippen molar-refractivity contribution in [2.45, 2.75) is 239 Å². The average molecular weight is 818 g/mol. The first-order valence-electron chi connectivity index (χ1n) is 24.7. The number of rotatable bonds is 44. The Bertz CT molecular complexity index is 1180. The number of ether oxygens (including phenoxy) is 2. The van der Waals surface area contributed by atoms with Gasteiger partial charge < -0.3 is 25.0 Å². The van der Waals surface area contributed by atoms with Gasteiger partial charge >= 0.3 is 11.9 Å². The van der Waals surface area contributed by atoms with Crippen LogP contribution in [0.25, 0.3) is 0 Å². The van der Waals surface area contributed by atoms with Gasteiger partial charge in [0.25, 0.3) is 10.9 Å². The maximum absolute atomic E-state index is 12.8. The molecule has 0 aliphatic carbocycles. The molecule has 0 bridgehead atoms. The molecule has 0 radical (unpaired) electrons. The molecule has 0 amide bonds. The number of nitrogens with one attached hydrogen (secondary N) is 2. The molecule has 1 rings (SSSR count). The minimum absolute atomic E-state index is 0.00590. The Morgan fingerprint density at radius 1 is 0.500 bits per heavy atom. The van der Waals surface area contributed by atoms with Crippen molar-refractivity contribution in [2.24, 2.45) is 0 Å². The second kappa shape index (κ2) is 38.8. The van der Waals surface area contributed by atoms with E-state index in [1.165, 1.54) is 89.9 Å². The zero-order chi connectivity index (χ0) is 42.3. The average Bonchev–Trinajstić information content (AvgIpc) is 3.22. The van der Waals surface area contributed by atoms with Crippen molar-refractivity contribution in [1.82, 2.24) is 4.90 Å². The Balaban J connectivity index is 2.35. The molecule has 1 unspecified atom stereocenters. The van der Waals surface area contributed by atoms with Gasteiger partial charge in [0.05, 0.1) is 6.61 Å². The van der Waals surface area contributed by atoms with Crippen molar-refractivity contribution in [3.63, 3.8) is 0 Å². The Kier molecular flexibility index (Phi) is 35.8. The van der Waals surface area contributed by atoms with Gasteiger partial charge in [-0.15, -0.1) is 0 Å². The zero-order valence-electron chi connectivity index (χ0n) is 38.3. The van der Waals surface area contributed by atoms with Crippen molar-refractivity contribution in [1.29, 1.82) is 0 Å². The lowest BCUT2D eigenvalue weighted by molar-refractivity contribution is -0.150. The van der Waals surface area contributed by atoms with Gasteiger partial charge in [-0.3, -0.25) is 19.2 Å². The van der Waals surface area contributed by atoms with Crippen LogP contribution < -0.4 is 21.5 Å². The molecule has 1 aromatic carbocycles. The van der Waals surface area contributed by atoms with E-state index in [2.05, 4.69) is 36.3 Å². The van der Waals surface area contributed by atoms with Gasteiger partial charge in [-0.05, 0) is 83.8 Å². The van der Waals surface area contributed by atoms with Gasteiger partial charge in [0.1, 0.15) is 17.5 Å². The first-order valence-corrected chi connectivity index (χ1v) is 24.7. The number of carbonyl (C=O) groups is 2. The molecule has 1 aromatic rings. The summed E-state index contributed by atoms with van der Waals surface area (Å²) >= 11 is 0. The number of anilines is 2. The highest BCUT2D eigenvalue weighted by atomic mass is 16.5. The third-order valence-corrected chi connectivity index (χ3v) is 11.6. The van der Waals surface area contributed by atoms with Crippen LogP contribution in [-0.2, 0) is 19.1 Å². The highest BCUT2D eigenvalue weighted by molar-refractivity contribution is 5.73. The van der Waals surface area contributed by atoms with Gasteiger partial charge in [0.15, 0.2) is 0 Å². The van der Waals surface area contributed by atoms with Crippen LogP contribution in [0.3, 0.4) is 0 Å². The van der Waals surface area contributed by atoms with Crippen LogP contribution in [-0.4, -0.2) is 62.8 Å². The molecule has 0 spiro atoms. The number of hydrogen-bond acceptors (Lipinski definition) is 9. The Labute approximate surface area is 356 Å². The maximum atomic E-state index is 12.8. The van der Waals surface area contributed by atoms with Crippen LogP contribution >= 0.6 is 0 Å². The Morgan fingerprint density at radius 3 is 1.43 bits per heavy atom.